The summed E-state index contributed by atoms with van der Waals surface area (Å²) in [6.07, 6.45) is 1.69. The average molecular weight is 417 g/mol. The molecule has 0 atom stereocenters. The van der Waals surface area contributed by atoms with E-state index < -0.39 is 0 Å². The van der Waals surface area contributed by atoms with Crippen LogP contribution in [-0.4, -0.2) is 29.9 Å². The molecule has 0 spiro atoms. The van der Waals surface area contributed by atoms with Crippen LogP contribution in [0.2, 0.25) is 0 Å². The normalized spacial score (nSPS) is 10.8. The topological polar surface area (TPSA) is 105 Å². The summed E-state index contributed by atoms with van der Waals surface area (Å²) in [6.45, 7) is 1.70. The van der Waals surface area contributed by atoms with E-state index in [9.17, 15) is 9.59 Å². The minimum atomic E-state index is -0.350. The molecule has 1 heterocycles. The highest BCUT2D eigenvalue weighted by Crippen LogP contribution is 2.23. The van der Waals surface area contributed by atoms with Crippen LogP contribution >= 0.6 is 0 Å². The van der Waals surface area contributed by atoms with E-state index in [4.69, 9.17) is 4.74 Å². The van der Waals surface area contributed by atoms with Gasteiger partial charge < -0.3 is 15.4 Å². The number of rotatable bonds is 6. The number of aliphatic imine (C=N–C) groups is 1. The van der Waals surface area contributed by atoms with Crippen molar-refractivity contribution in [2.24, 2.45) is 4.99 Å². The number of para-hydroxylation sites is 2. The third-order valence-corrected chi connectivity index (χ3v) is 4.18. The lowest BCUT2D eigenvalue weighted by Crippen LogP contribution is -2.36. The number of nitrogens with zero attached hydrogens (tertiary/aromatic N) is 2. The van der Waals surface area contributed by atoms with Gasteiger partial charge in [-0.3, -0.25) is 19.9 Å². The van der Waals surface area contributed by atoms with Crippen molar-refractivity contribution in [1.82, 2.24) is 10.3 Å². The zero-order valence-electron chi connectivity index (χ0n) is 17.3. The van der Waals surface area contributed by atoms with E-state index >= 15 is 0 Å². The number of anilines is 2. The van der Waals surface area contributed by atoms with Crippen molar-refractivity contribution in [2.75, 3.05) is 17.7 Å². The maximum absolute atomic E-state index is 12.8. The first-order valence-corrected chi connectivity index (χ1v) is 9.58. The molecular formula is C23H23N5O3. The van der Waals surface area contributed by atoms with Gasteiger partial charge in [-0.25, -0.2) is 4.99 Å². The molecule has 0 radical (unpaired) electrons. The summed E-state index contributed by atoms with van der Waals surface area (Å²) in [6, 6.07) is 19.5. The third-order valence-electron chi connectivity index (χ3n) is 4.18. The second-order valence-electron chi connectivity index (χ2n) is 6.52. The molecule has 0 bridgehead atoms. The molecule has 2 aromatic carbocycles. The zero-order valence-corrected chi connectivity index (χ0v) is 17.3. The lowest BCUT2D eigenvalue weighted by molar-refractivity contribution is -0.114. The van der Waals surface area contributed by atoms with Crippen LogP contribution < -0.4 is 20.7 Å². The Morgan fingerprint density at radius 3 is 2.39 bits per heavy atom. The molecule has 0 fully saturated rings. The molecule has 0 aliphatic carbocycles. The molecule has 31 heavy (non-hydrogen) atoms. The van der Waals surface area contributed by atoms with Crippen LogP contribution in [0.3, 0.4) is 0 Å². The molecule has 3 aromatic rings. The van der Waals surface area contributed by atoms with Crippen LogP contribution in [0.4, 0.5) is 11.4 Å². The SMILES string of the molecule is COc1ccccc1NC(=NCc1ccccn1)NC(=O)c1ccc(NC(C)=O)cc1. The van der Waals surface area contributed by atoms with Crippen LogP contribution in [0.5, 0.6) is 5.75 Å². The van der Waals surface area contributed by atoms with E-state index in [0.717, 1.165) is 5.69 Å². The first-order valence-electron chi connectivity index (χ1n) is 9.58. The predicted molar refractivity (Wildman–Crippen MR) is 120 cm³/mol. The van der Waals surface area contributed by atoms with Gasteiger partial charge in [0.05, 0.1) is 25.0 Å². The number of carbonyl (C=O) groups is 2. The summed E-state index contributed by atoms with van der Waals surface area (Å²) in [5.74, 6) is 0.340. The summed E-state index contributed by atoms with van der Waals surface area (Å²) < 4.78 is 5.37. The quantitative estimate of drug-likeness (QED) is 0.421. The van der Waals surface area contributed by atoms with Gasteiger partial charge in [-0.05, 0) is 48.5 Å². The Balaban J connectivity index is 1.79. The highest BCUT2D eigenvalue weighted by molar-refractivity contribution is 6.10. The van der Waals surface area contributed by atoms with Crippen LogP contribution in [-0.2, 0) is 11.3 Å². The number of aromatic nitrogens is 1. The molecule has 3 N–H and O–H groups in total. The fraction of sp³-hybridized carbons (Fsp3) is 0.130. The Morgan fingerprint density at radius 2 is 1.71 bits per heavy atom. The van der Waals surface area contributed by atoms with Crippen LogP contribution in [0.25, 0.3) is 0 Å². The fourth-order valence-electron chi connectivity index (χ4n) is 2.73. The lowest BCUT2D eigenvalue weighted by atomic mass is 10.2. The summed E-state index contributed by atoms with van der Waals surface area (Å²) in [4.78, 5) is 32.7. The highest BCUT2D eigenvalue weighted by atomic mass is 16.5. The van der Waals surface area contributed by atoms with E-state index in [2.05, 4.69) is 25.9 Å². The van der Waals surface area contributed by atoms with Gasteiger partial charge in [0.25, 0.3) is 5.91 Å². The minimum Gasteiger partial charge on any atom is -0.495 e. The van der Waals surface area contributed by atoms with Crippen LogP contribution in [0.15, 0.2) is 77.9 Å². The first-order chi connectivity index (χ1) is 15.0. The molecule has 158 valence electrons. The van der Waals surface area contributed by atoms with E-state index in [1.165, 1.54) is 6.92 Å². The second-order valence-corrected chi connectivity index (χ2v) is 6.52. The maximum atomic E-state index is 12.8. The van der Waals surface area contributed by atoms with E-state index in [1.54, 1.807) is 43.6 Å². The molecule has 0 aliphatic rings. The van der Waals surface area contributed by atoms with Gasteiger partial charge in [-0.1, -0.05) is 18.2 Å². The standard InChI is InChI=1S/C23H23N5O3/c1-16(29)26-18-12-10-17(11-13-18)22(30)28-23(25-15-19-7-5-6-14-24-19)27-20-8-3-4-9-21(20)31-2/h3-14H,15H2,1-2H3,(H,26,29)(H2,25,27,28,30). The Morgan fingerprint density at radius 1 is 0.968 bits per heavy atom. The summed E-state index contributed by atoms with van der Waals surface area (Å²) in [5.41, 5.74) is 2.45. The number of guanidine groups is 1. The second kappa shape index (κ2) is 10.5. The number of amides is 2. The predicted octanol–water partition coefficient (Wildman–Crippen LogP) is 3.45. The number of pyridine rings is 1. The van der Waals surface area contributed by atoms with Gasteiger partial charge in [0, 0.05) is 24.4 Å². The number of hydrogen-bond acceptors (Lipinski definition) is 5. The number of benzene rings is 2. The molecule has 0 aliphatic heterocycles. The fourth-order valence-corrected chi connectivity index (χ4v) is 2.73. The van der Waals surface area contributed by atoms with Crippen molar-refractivity contribution in [3.8, 4) is 5.75 Å². The molecule has 0 saturated heterocycles. The van der Waals surface area contributed by atoms with Crippen LogP contribution in [0.1, 0.15) is 23.0 Å². The number of carbonyl (C=O) groups excluding carboxylic acids is 2. The van der Waals surface area contributed by atoms with E-state index in [0.29, 0.717) is 22.7 Å². The molecular weight excluding hydrogens is 394 g/mol. The van der Waals surface area contributed by atoms with Gasteiger partial charge >= 0.3 is 0 Å². The van der Waals surface area contributed by atoms with Crippen molar-refractivity contribution >= 4 is 29.1 Å². The first kappa shape index (κ1) is 21.5. The third kappa shape index (κ3) is 6.40. The minimum absolute atomic E-state index is 0.179. The van der Waals surface area contributed by atoms with Crippen molar-refractivity contribution in [2.45, 2.75) is 13.5 Å². The molecule has 0 saturated carbocycles. The zero-order chi connectivity index (χ0) is 22.1. The van der Waals surface area contributed by atoms with Crippen molar-refractivity contribution < 1.29 is 14.3 Å². The summed E-state index contributed by atoms with van der Waals surface area (Å²) in [5, 5.41) is 8.58. The van der Waals surface area contributed by atoms with Gasteiger partial charge in [0.1, 0.15) is 5.75 Å². The van der Waals surface area contributed by atoms with Crippen LogP contribution in [0, 0.1) is 0 Å². The Kier molecular flexibility index (Phi) is 7.31. The monoisotopic (exact) mass is 417 g/mol. The Labute approximate surface area is 180 Å². The van der Waals surface area contributed by atoms with Gasteiger partial charge in [0.2, 0.25) is 11.9 Å². The maximum Gasteiger partial charge on any atom is 0.257 e. The summed E-state index contributed by atoms with van der Waals surface area (Å²) in [7, 11) is 1.57. The Hall–Kier alpha value is -4.20. The molecule has 8 nitrogen and oxygen atoms in total. The molecule has 3 rings (SSSR count). The number of methoxy groups -OCH3 is 1. The molecule has 8 heteroatoms. The number of hydrogen-bond donors (Lipinski definition) is 3. The smallest absolute Gasteiger partial charge is 0.257 e. The van der Waals surface area contributed by atoms with Crippen molar-refractivity contribution in [3.63, 3.8) is 0 Å². The van der Waals surface area contributed by atoms with Gasteiger partial charge in [0.15, 0.2) is 0 Å². The van der Waals surface area contributed by atoms with Gasteiger partial charge in [-0.2, -0.15) is 0 Å². The van der Waals surface area contributed by atoms with Crippen molar-refractivity contribution in [3.05, 3.63) is 84.2 Å². The van der Waals surface area contributed by atoms with E-state index in [-0.39, 0.29) is 24.3 Å². The van der Waals surface area contributed by atoms with E-state index in [1.807, 2.05) is 36.4 Å². The van der Waals surface area contributed by atoms with Crippen molar-refractivity contribution in [1.29, 1.82) is 0 Å². The number of ether oxygens (including phenoxy) is 1. The Bertz CT molecular complexity index is 1070. The lowest BCUT2D eigenvalue weighted by Gasteiger charge is -2.14. The average Bonchev–Trinajstić information content (AvgIpc) is 2.78. The molecule has 1 aromatic heterocycles. The highest BCUT2D eigenvalue weighted by Gasteiger charge is 2.12. The molecule has 0 unspecified atom stereocenters. The number of nitrogens with one attached hydrogen (secondary N) is 3. The largest absolute Gasteiger partial charge is 0.495 e. The van der Waals surface area contributed by atoms with Gasteiger partial charge in [-0.15, -0.1) is 0 Å². The molecule has 2 amide bonds. The summed E-state index contributed by atoms with van der Waals surface area (Å²) >= 11 is 0.